The predicted octanol–water partition coefficient (Wildman–Crippen LogP) is 19.4. The van der Waals surface area contributed by atoms with Crippen molar-refractivity contribution in [3.05, 3.63) is 319 Å². The molecule has 0 unspecified atom stereocenters. The average molecular weight is 1060 g/mol. The van der Waals surface area contributed by atoms with Gasteiger partial charge in [-0.2, -0.15) is 0 Å². The Morgan fingerprint density at radius 2 is 0.723 bits per heavy atom. The molecule has 0 radical (unpaired) electrons. The molecule has 0 saturated carbocycles. The molecule has 3 aliphatic rings. The number of nitrogens with zero attached hydrogens (tertiary/aromatic N) is 5. The topological polar surface area (TPSA) is 54.8 Å². The summed E-state index contributed by atoms with van der Waals surface area (Å²) in [6.45, 7) is 4.62. The van der Waals surface area contributed by atoms with E-state index in [0.29, 0.717) is 17.5 Å². The minimum Gasteiger partial charge on any atom is -0.310 e. The van der Waals surface area contributed by atoms with E-state index in [4.69, 9.17) is 15.0 Å². The molecule has 0 saturated heterocycles. The van der Waals surface area contributed by atoms with Crippen LogP contribution in [0.3, 0.4) is 0 Å². The van der Waals surface area contributed by atoms with E-state index in [0.717, 1.165) is 67.1 Å². The van der Waals surface area contributed by atoms with Gasteiger partial charge in [0.05, 0.1) is 11.1 Å². The van der Waals surface area contributed by atoms with Gasteiger partial charge in [0.25, 0.3) is 0 Å². The first kappa shape index (κ1) is 48.3. The van der Waals surface area contributed by atoms with Crippen LogP contribution in [0.25, 0.3) is 101 Å². The summed E-state index contributed by atoms with van der Waals surface area (Å²) in [5, 5.41) is 0. The molecule has 0 aliphatic heterocycles. The van der Waals surface area contributed by atoms with Gasteiger partial charge in [-0.3, -0.25) is 4.98 Å². The summed E-state index contributed by atoms with van der Waals surface area (Å²) in [6, 6.07) is 99.3. The van der Waals surface area contributed by atoms with Crippen molar-refractivity contribution >= 4 is 17.1 Å². The molecule has 16 rings (SSSR count). The summed E-state index contributed by atoms with van der Waals surface area (Å²) >= 11 is 0. The molecule has 5 heteroatoms. The Labute approximate surface area is 483 Å². The van der Waals surface area contributed by atoms with Crippen LogP contribution < -0.4 is 4.90 Å². The van der Waals surface area contributed by atoms with Gasteiger partial charge >= 0.3 is 0 Å². The maximum atomic E-state index is 5.26. The summed E-state index contributed by atoms with van der Waals surface area (Å²) in [6.07, 6.45) is 3.69. The van der Waals surface area contributed by atoms with E-state index in [-0.39, 0.29) is 5.41 Å². The van der Waals surface area contributed by atoms with Crippen molar-refractivity contribution in [3.63, 3.8) is 0 Å². The van der Waals surface area contributed by atoms with E-state index in [2.05, 4.69) is 291 Å². The van der Waals surface area contributed by atoms with Gasteiger partial charge in [0, 0.05) is 57.0 Å². The van der Waals surface area contributed by atoms with Gasteiger partial charge in [-0.1, -0.05) is 238 Å². The van der Waals surface area contributed by atoms with Crippen molar-refractivity contribution < 1.29 is 0 Å². The summed E-state index contributed by atoms with van der Waals surface area (Å²) < 4.78 is 0. The minimum atomic E-state index is -0.475. The summed E-state index contributed by atoms with van der Waals surface area (Å²) in [7, 11) is 0. The Morgan fingerprint density at radius 1 is 0.277 bits per heavy atom. The lowest BCUT2D eigenvalue weighted by atomic mass is 9.70. The molecule has 2 aromatic heterocycles. The second-order valence-corrected chi connectivity index (χ2v) is 22.5. The number of anilines is 3. The van der Waals surface area contributed by atoms with Crippen LogP contribution in [0.1, 0.15) is 47.2 Å². The van der Waals surface area contributed by atoms with Gasteiger partial charge in [0.1, 0.15) is 0 Å². The number of benzene rings is 11. The highest BCUT2D eigenvalue weighted by atomic mass is 15.1. The van der Waals surface area contributed by atoms with Crippen LogP contribution in [-0.2, 0) is 10.8 Å². The fourth-order valence-electron chi connectivity index (χ4n) is 13.8. The second-order valence-electron chi connectivity index (χ2n) is 22.5. The molecular formula is C78H53N5. The largest absolute Gasteiger partial charge is 0.310 e. The van der Waals surface area contributed by atoms with Crippen molar-refractivity contribution in [3.8, 4) is 101 Å². The van der Waals surface area contributed by atoms with Gasteiger partial charge in [0.15, 0.2) is 17.5 Å². The van der Waals surface area contributed by atoms with Crippen LogP contribution in [0.4, 0.5) is 17.1 Å². The number of hydrogen-bond acceptors (Lipinski definition) is 5. The van der Waals surface area contributed by atoms with Crippen molar-refractivity contribution in [2.45, 2.75) is 24.7 Å². The molecule has 0 amide bonds. The molecule has 11 aromatic carbocycles. The zero-order valence-corrected chi connectivity index (χ0v) is 45.9. The lowest BCUT2D eigenvalue weighted by Gasteiger charge is -2.32. The third-order valence-corrected chi connectivity index (χ3v) is 17.7. The quantitative estimate of drug-likeness (QED) is 0.144. The Morgan fingerprint density at radius 3 is 1.36 bits per heavy atom. The van der Waals surface area contributed by atoms with E-state index in [9.17, 15) is 0 Å². The van der Waals surface area contributed by atoms with Gasteiger partial charge < -0.3 is 4.90 Å². The first-order valence-electron chi connectivity index (χ1n) is 28.5. The first-order chi connectivity index (χ1) is 40.9. The lowest BCUT2D eigenvalue weighted by Crippen LogP contribution is -2.26. The summed E-state index contributed by atoms with van der Waals surface area (Å²) in [5.41, 5.74) is 27.5. The van der Waals surface area contributed by atoms with Crippen LogP contribution in [-0.4, -0.2) is 19.9 Å². The summed E-state index contributed by atoms with van der Waals surface area (Å²) in [5.74, 6) is 1.85. The fourth-order valence-corrected chi connectivity index (χ4v) is 13.8. The van der Waals surface area contributed by atoms with Gasteiger partial charge in [-0.15, -0.1) is 0 Å². The number of hydrogen-bond donors (Lipinski definition) is 0. The van der Waals surface area contributed by atoms with E-state index in [1.54, 1.807) is 6.20 Å². The number of aromatic nitrogens is 4. The number of para-hydroxylation sites is 1. The molecule has 390 valence electrons. The molecule has 0 atom stereocenters. The molecular weight excluding hydrogens is 1010 g/mol. The van der Waals surface area contributed by atoms with Crippen LogP contribution in [0.15, 0.2) is 285 Å². The van der Waals surface area contributed by atoms with Gasteiger partial charge in [-0.25, -0.2) is 15.0 Å². The Balaban J connectivity index is 0.793. The Kier molecular flexibility index (Phi) is 11.1. The van der Waals surface area contributed by atoms with Crippen molar-refractivity contribution in [1.82, 2.24) is 19.9 Å². The number of fused-ring (bicyclic) bond motifs is 13. The predicted molar refractivity (Wildman–Crippen MR) is 339 cm³/mol. The van der Waals surface area contributed by atoms with Gasteiger partial charge in [0.2, 0.25) is 0 Å². The van der Waals surface area contributed by atoms with Gasteiger partial charge in [-0.05, 0) is 138 Å². The third kappa shape index (κ3) is 7.62. The lowest BCUT2D eigenvalue weighted by molar-refractivity contribution is 0.660. The SMILES string of the molecule is CC1(C)c2ccccc2-c2ccc(-c3nc(-c4ccc(-c5ccc(N(c6ccc7c(c6)C6(c8ccccc8-c8ccccc86)c6ccccc6-7)c6ccccc6-c6ccccc6)cc5)cc4)nc(-c4cccc(-c5cccnc5)c4)n3)cc21. The number of rotatable bonds is 9. The minimum absolute atomic E-state index is 0.175. The van der Waals surface area contributed by atoms with Crippen molar-refractivity contribution in [2.24, 2.45) is 0 Å². The maximum Gasteiger partial charge on any atom is 0.164 e. The highest BCUT2D eigenvalue weighted by Crippen LogP contribution is 2.63. The van der Waals surface area contributed by atoms with Crippen LogP contribution in [0.5, 0.6) is 0 Å². The normalized spacial score (nSPS) is 13.4. The van der Waals surface area contributed by atoms with Crippen molar-refractivity contribution in [1.29, 1.82) is 0 Å². The second kappa shape index (κ2) is 19.0. The molecule has 5 nitrogen and oxygen atoms in total. The van der Waals surface area contributed by atoms with Crippen LogP contribution in [0.2, 0.25) is 0 Å². The van der Waals surface area contributed by atoms with E-state index in [1.165, 1.54) is 66.8 Å². The molecule has 3 aliphatic carbocycles. The number of pyridine rings is 1. The highest BCUT2D eigenvalue weighted by molar-refractivity contribution is 5.97. The molecule has 2 heterocycles. The monoisotopic (exact) mass is 1060 g/mol. The maximum absolute atomic E-state index is 5.26. The Hall–Kier alpha value is -10.6. The summed E-state index contributed by atoms with van der Waals surface area (Å²) in [4.78, 5) is 22.6. The molecule has 0 bridgehead atoms. The molecule has 0 N–H and O–H groups in total. The first-order valence-corrected chi connectivity index (χ1v) is 28.5. The zero-order valence-electron chi connectivity index (χ0n) is 45.9. The van der Waals surface area contributed by atoms with Crippen molar-refractivity contribution in [2.75, 3.05) is 4.90 Å². The smallest absolute Gasteiger partial charge is 0.164 e. The van der Waals surface area contributed by atoms with E-state index >= 15 is 0 Å². The highest BCUT2D eigenvalue weighted by Gasteiger charge is 2.51. The molecule has 1 spiro atoms. The Bertz CT molecular complexity index is 4640. The van der Waals surface area contributed by atoms with Crippen LogP contribution in [0, 0.1) is 0 Å². The molecule has 0 fully saturated rings. The van der Waals surface area contributed by atoms with E-state index in [1.807, 2.05) is 12.3 Å². The van der Waals surface area contributed by atoms with Crippen LogP contribution >= 0.6 is 0 Å². The van der Waals surface area contributed by atoms with E-state index < -0.39 is 5.41 Å². The fraction of sp³-hybridized carbons (Fsp3) is 0.0513. The average Bonchev–Trinajstić information content (AvgIpc) is 1.86. The zero-order chi connectivity index (χ0) is 55.2. The molecule has 13 aromatic rings. The standard InChI is InChI=1S/C78H53N5/c1-77(2)67-28-11-6-24-61(67)65-43-39-56(47-71(65)77)76-81-74(80-75(82-76)55-21-16-20-54(46-55)57-22-17-45-79-49-57)53-35-33-50(34-36-53)51-37-40-58(41-38-51)83(73-32-15-10-23-60(73)52-18-4-3-5-19-52)59-42-44-66-64-27-9-14-31-70(64)78(72(66)48-59)68-29-12-7-25-62(68)63-26-8-13-30-69(63)78/h3-49H,1-2H3. The molecule has 83 heavy (non-hydrogen) atoms. The third-order valence-electron chi connectivity index (χ3n) is 17.7.